The second-order valence-corrected chi connectivity index (χ2v) is 17.3. The molecule has 15 heavy (non-hydrogen) atoms. The van der Waals surface area contributed by atoms with Crippen molar-refractivity contribution < 1.29 is 4.74 Å². The van der Waals surface area contributed by atoms with Crippen molar-refractivity contribution in [1.82, 2.24) is 0 Å². The summed E-state index contributed by atoms with van der Waals surface area (Å²) in [6.07, 6.45) is 1.18. The van der Waals surface area contributed by atoms with Crippen LogP contribution in [0, 0.1) is 0 Å². The number of hydrogen-bond acceptors (Lipinski definition) is 2. The van der Waals surface area contributed by atoms with Crippen molar-refractivity contribution in [2.45, 2.75) is 56.6 Å². The minimum atomic E-state index is -1.43. The van der Waals surface area contributed by atoms with Crippen molar-refractivity contribution in [3.63, 3.8) is 0 Å². The molecule has 2 atom stereocenters. The van der Waals surface area contributed by atoms with Crippen LogP contribution in [-0.4, -0.2) is 47.0 Å². The molecule has 2 nitrogen and oxygen atoms in total. The molecule has 0 aromatic rings. The molecule has 1 radical (unpaired) electrons. The zero-order chi connectivity index (χ0) is 11.2. The summed E-state index contributed by atoms with van der Waals surface area (Å²) in [4.78, 5) is 0. The van der Waals surface area contributed by atoms with E-state index < -0.39 is 16.1 Å². The van der Waals surface area contributed by atoms with E-state index in [1.807, 2.05) is 0 Å². The first-order chi connectivity index (χ1) is 6.09. The molecule has 0 amide bonds. The van der Waals surface area contributed by atoms with E-state index in [1.54, 1.807) is 0 Å². The van der Waals surface area contributed by atoms with Gasteiger partial charge in [-0.3, -0.25) is 0 Å². The van der Waals surface area contributed by atoms with E-state index in [0.29, 0.717) is 5.54 Å². The molecule has 0 bridgehead atoms. The topological polar surface area (TPSA) is 35.2 Å². The molecule has 85 valence electrons. The van der Waals surface area contributed by atoms with E-state index >= 15 is 0 Å². The van der Waals surface area contributed by atoms with E-state index in [1.165, 1.54) is 6.42 Å². The first kappa shape index (κ1) is 16.0. The minimum Gasteiger partial charge on any atom is -0.364 e. The Morgan fingerprint density at radius 2 is 1.60 bits per heavy atom. The molecule has 0 spiro atoms. The van der Waals surface area contributed by atoms with Crippen LogP contribution in [-0.2, 0) is 4.74 Å². The van der Waals surface area contributed by atoms with Crippen LogP contribution in [0.5, 0.6) is 0 Å². The van der Waals surface area contributed by atoms with Crippen LogP contribution in [0.1, 0.15) is 6.42 Å². The van der Waals surface area contributed by atoms with Crippen LogP contribution < -0.4 is 5.73 Å². The summed E-state index contributed by atoms with van der Waals surface area (Å²) in [5.41, 5.74) is 7.18. The van der Waals surface area contributed by atoms with Gasteiger partial charge < -0.3 is 10.5 Å². The number of ether oxygens (including phenoxy) is 1. The van der Waals surface area contributed by atoms with Crippen molar-refractivity contribution in [3.05, 3.63) is 0 Å². The molecule has 2 N–H and O–H groups in total. The Morgan fingerprint density at radius 1 is 1.13 bits per heavy atom. The Kier molecular flexibility index (Phi) is 4.97. The van der Waals surface area contributed by atoms with Gasteiger partial charge in [-0.05, 0) is 12.0 Å². The van der Waals surface area contributed by atoms with Crippen LogP contribution in [0.25, 0.3) is 0 Å². The molecular formula is C10H25LiNOSi2. The summed E-state index contributed by atoms with van der Waals surface area (Å²) < 4.78 is 5.92. The maximum Gasteiger partial charge on any atom is 0.102 e. The van der Waals surface area contributed by atoms with Gasteiger partial charge in [0.15, 0.2) is 0 Å². The average molecular weight is 238 g/mol. The van der Waals surface area contributed by atoms with Gasteiger partial charge in [0.05, 0.1) is 8.07 Å². The third-order valence-electron chi connectivity index (χ3n) is 3.48. The van der Waals surface area contributed by atoms with Gasteiger partial charge in [-0.15, -0.1) is 0 Å². The Morgan fingerprint density at radius 3 is 1.87 bits per heavy atom. The van der Waals surface area contributed by atoms with Crippen molar-refractivity contribution in [2.75, 3.05) is 6.61 Å². The van der Waals surface area contributed by atoms with Gasteiger partial charge in [-0.2, -0.15) is 0 Å². The predicted octanol–water partition coefficient (Wildman–Crippen LogP) is 2.27. The first-order valence-corrected chi connectivity index (χ1v) is 12.6. The van der Waals surface area contributed by atoms with Gasteiger partial charge in [0.25, 0.3) is 0 Å². The Hall–Kier alpha value is 0.951. The van der Waals surface area contributed by atoms with Crippen LogP contribution in [0.3, 0.4) is 0 Å². The maximum absolute atomic E-state index is 6.54. The molecule has 5 heteroatoms. The molecule has 0 aromatic heterocycles. The molecule has 0 aliphatic carbocycles. The maximum atomic E-state index is 6.54. The predicted molar refractivity (Wildman–Crippen MR) is 73.7 cm³/mol. The number of nitrogens with two attached hydrogens (primary N) is 1. The first-order valence-electron chi connectivity index (χ1n) is 5.52. The van der Waals surface area contributed by atoms with E-state index in [-0.39, 0.29) is 24.2 Å². The molecule has 0 aromatic carbocycles. The van der Waals surface area contributed by atoms with E-state index in [0.717, 1.165) is 6.61 Å². The fraction of sp³-hybridized carbons (Fsp3) is 1.00. The van der Waals surface area contributed by atoms with E-state index in [4.69, 9.17) is 10.5 Å². The van der Waals surface area contributed by atoms with Gasteiger partial charge >= 0.3 is 0 Å². The van der Waals surface area contributed by atoms with Crippen LogP contribution in [0.15, 0.2) is 0 Å². The Labute approximate surface area is 109 Å². The van der Waals surface area contributed by atoms with Gasteiger partial charge in [0, 0.05) is 25.5 Å². The quantitative estimate of drug-likeness (QED) is 0.749. The van der Waals surface area contributed by atoms with Crippen molar-refractivity contribution in [2.24, 2.45) is 5.73 Å². The molecular weight excluding hydrogens is 213 g/mol. The normalized spacial score (nSPS) is 32.6. The molecule has 1 rings (SSSR count). The second-order valence-electron chi connectivity index (χ2n) is 6.60. The van der Waals surface area contributed by atoms with Crippen LogP contribution >= 0.6 is 0 Å². The Balaban J connectivity index is 0.00000196. The fourth-order valence-electron chi connectivity index (χ4n) is 2.48. The van der Waals surface area contributed by atoms with Gasteiger partial charge in [0.1, 0.15) is 13.4 Å². The molecule has 1 aliphatic heterocycles. The third-order valence-corrected chi connectivity index (χ3v) is 9.42. The molecule has 2 unspecified atom stereocenters. The summed E-state index contributed by atoms with van der Waals surface area (Å²) in [6.45, 7) is 15.1. The zero-order valence-electron chi connectivity index (χ0n) is 11.5. The van der Waals surface area contributed by atoms with Crippen LogP contribution in [0.2, 0.25) is 44.8 Å². The molecule has 0 saturated carbocycles. The number of hydrogen-bond donors (Lipinski definition) is 1. The van der Waals surface area contributed by atoms with Gasteiger partial charge in [0.2, 0.25) is 0 Å². The van der Waals surface area contributed by atoms with Crippen molar-refractivity contribution >= 4 is 35.0 Å². The average Bonchev–Trinajstić information content (AvgIpc) is 2.28. The standard InChI is InChI=1S/C10H25NOSi2.Li/c1-13(2,3)9-7-8-12-10(9,11)14(4,5)6;/h9H,7-8,11H2,1-6H3;. The monoisotopic (exact) mass is 238 g/mol. The minimum absolute atomic E-state index is 0. The summed E-state index contributed by atoms with van der Waals surface area (Å²) in [6, 6.07) is 0. The van der Waals surface area contributed by atoms with Crippen molar-refractivity contribution in [3.8, 4) is 0 Å². The smallest absolute Gasteiger partial charge is 0.102 e. The second kappa shape index (κ2) is 4.67. The summed E-state index contributed by atoms with van der Waals surface area (Å²) in [5.74, 6) is 0. The summed E-state index contributed by atoms with van der Waals surface area (Å²) in [7, 11) is -2.62. The summed E-state index contributed by atoms with van der Waals surface area (Å²) in [5, 5.41) is -0.266. The summed E-state index contributed by atoms with van der Waals surface area (Å²) >= 11 is 0. The SMILES string of the molecule is C[Si](C)(C)C1CCOC1(N)[Si](C)(C)C.[Li]. The molecule has 1 heterocycles. The zero-order valence-corrected chi connectivity index (χ0v) is 13.5. The van der Waals surface area contributed by atoms with Crippen molar-refractivity contribution in [1.29, 1.82) is 0 Å². The van der Waals surface area contributed by atoms with E-state index in [9.17, 15) is 0 Å². The van der Waals surface area contributed by atoms with Gasteiger partial charge in [-0.25, -0.2) is 0 Å². The largest absolute Gasteiger partial charge is 0.364 e. The molecule has 1 aliphatic rings. The van der Waals surface area contributed by atoms with Gasteiger partial charge in [-0.1, -0.05) is 39.3 Å². The molecule has 1 fully saturated rings. The molecule has 1 saturated heterocycles. The Bertz CT molecular complexity index is 224. The van der Waals surface area contributed by atoms with Crippen LogP contribution in [0.4, 0.5) is 0 Å². The third kappa shape index (κ3) is 2.99. The van der Waals surface area contributed by atoms with E-state index in [2.05, 4.69) is 39.3 Å². The number of rotatable bonds is 2. The fourth-order valence-corrected chi connectivity index (χ4v) is 9.15.